The number of H-pyrrole nitrogens is 1. The normalized spacial score (nSPS) is 21.9. The van der Waals surface area contributed by atoms with Crippen molar-refractivity contribution in [2.24, 2.45) is 0 Å². The van der Waals surface area contributed by atoms with Crippen LogP contribution in [0.4, 0.5) is 0 Å². The highest BCUT2D eigenvalue weighted by molar-refractivity contribution is 5.72. The molecule has 0 aromatic carbocycles. The molecule has 1 fully saturated rings. The first-order chi connectivity index (χ1) is 6.95. The molecule has 3 heterocycles. The summed E-state index contributed by atoms with van der Waals surface area (Å²) in [4.78, 5) is 8.45. The molecule has 3 rings (SSSR count). The van der Waals surface area contributed by atoms with E-state index in [9.17, 15) is 0 Å². The zero-order valence-electron chi connectivity index (χ0n) is 7.70. The van der Waals surface area contributed by atoms with Crippen molar-refractivity contribution in [2.45, 2.75) is 12.3 Å². The topological polar surface area (TPSA) is 66.5 Å². The van der Waals surface area contributed by atoms with Gasteiger partial charge in [0.25, 0.3) is 0 Å². The number of nitrogens with one attached hydrogen (secondary N) is 2. The molecular formula is C9H11N5. The number of nitrogens with zero attached hydrogens (tertiary/aromatic N) is 3. The number of aromatic amines is 1. The molecule has 0 unspecified atom stereocenters. The minimum atomic E-state index is 0.511. The summed E-state index contributed by atoms with van der Waals surface area (Å²) in [6.45, 7) is 2.08. The third-order valence-corrected chi connectivity index (χ3v) is 2.68. The fourth-order valence-electron chi connectivity index (χ4n) is 1.95. The molecule has 0 radical (unpaired) electrons. The summed E-state index contributed by atoms with van der Waals surface area (Å²) in [5.41, 5.74) is 2.76. The summed E-state index contributed by atoms with van der Waals surface area (Å²) in [7, 11) is 0. The molecule has 14 heavy (non-hydrogen) atoms. The van der Waals surface area contributed by atoms with Crippen LogP contribution in [-0.4, -0.2) is 33.3 Å². The smallest absolute Gasteiger partial charge is 0.199 e. The summed E-state index contributed by atoms with van der Waals surface area (Å²) in [6.07, 6.45) is 4.53. The van der Waals surface area contributed by atoms with Crippen LogP contribution in [0.3, 0.4) is 0 Å². The van der Waals surface area contributed by atoms with Gasteiger partial charge in [0, 0.05) is 24.9 Å². The van der Waals surface area contributed by atoms with Gasteiger partial charge in [0.15, 0.2) is 5.65 Å². The molecule has 1 saturated heterocycles. The van der Waals surface area contributed by atoms with Crippen molar-refractivity contribution in [3.8, 4) is 0 Å². The van der Waals surface area contributed by atoms with Crippen LogP contribution in [0.2, 0.25) is 0 Å². The van der Waals surface area contributed by atoms with Crippen molar-refractivity contribution in [3.63, 3.8) is 0 Å². The van der Waals surface area contributed by atoms with Crippen LogP contribution in [0.5, 0.6) is 0 Å². The second kappa shape index (κ2) is 3.02. The van der Waals surface area contributed by atoms with E-state index in [1.165, 1.54) is 0 Å². The van der Waals surface area contributed by atoms with Gasteiger partial charge in [-0.15, -0.1) is 0 Å². The third kappa shape index (κ3) is 1.09. The molecule has 5 heteroatoms. The van der Waals surface area contributed by atoms with Crippen molar-refractivity contribution >= 4 is 11.2 Å². The van der Waals surface area contributed by atoms with E-state index in [0.29, 0.717) is 5.92 Å². The first-order valence-corrected chi connectivity index (χ1v) is 4.81. The third-order valence-electron chi connectivity index (χ3n) is 2.68. The quantitative estimate of drug-likeness (QED) is 0.682. The van der Waals surface area contributed by atoms with Crippen LogP contribution in [0.25, 0.3) is 11.2 Å². The Morgan fingerprint density at radius 2 is 2.21 bits per heavy atom. The molecule has 0 bridgehead atoms. The van der Waals surface area contributed by atoms with E-state index in [0.717, 1.165) is 36.4 Å². The first kappa shape index (κ1) is 7.87. The largest absolute Gasteiger partial charge is 0.316 e. The monoisotopic (exact) mass is 189 g/mol. The molecule has 2 aromatic heterocycles. The van der Waals surface area contributed by atoms with Gasteiger partial charge in [-0.25, -0.2) is 9.97 Å². The van der Waals surface area contributed by atoms with Crippen LogP contribution in [0, 0.1) is 0 Å². The average Bonchev–Trinajstić information content (AvgIpc) is 2.85. The molecule has 5 nitrogen and oxygen atoms in total. The first-order valence-electron chi connectivity index (χ1n) is 4.81. The van der Waals surface area contributed by atoms with Gasteiger partial charge in [0.1, 0.15) is 5.52 Å². The molecule has 1 aliphatic heterocycles. The molecule has 0 aliphatic carbocycles. The van der Waals surface area contributed by atoms with E-state index in [1.54, 1.807) is 12.4 Å². The molecule has 2 aromatic rings. The molecule has 2 N–H and O–H groups in total. The highest BCUT2D eigenvalue weighted by Gasteiger charge is 2.21. The number of aromatic nitrogens is 4. The Morgan fingerprint density at radius 3 is 3.07 bits per heavy atom. The Labute approximate surface area is 81.0 Å². The van der Waals surface area contributed by atoms with Crippen LogP contribution < -0.4 is 5.32 Å². The van der Waals surface area contributed by atoms with Crippen molar-refractivity contribution < 1.29 is 0 Å². The number of hydrogen-bond donors (Lipinski definition) is 2. The SMILES string of the molecule is c1cnc2c([C@@H]3CCNC3)[nH]nc2n1. The van der Waals surface area contributed by atoms with E-state index < -0.39 is 0 Å². The van der Waals surface area contributed by atoms with Crippen LogP contribution in [0.1, 0.15) is 18.0 Å². The number of hydrogen-bond acceptors (Lipinski definition) is 4. The number of rotatable bonds is 1. The van der Waals surface area contributed by atoms with Crippen LogP contribution in [0.15, 0.2) is 12.4 Å². The standard InChI is InChI=1S/C9H11N5/c1-2-10-5-6(1)7-8-9(14-13-7)12-4-3-11-8/h3-4,6,10H,1-2,5H2,(H,12,13,14)/t6-/m1/s1. The Hall–Kier alpha value is -1.49. The van der Waals surface area contributed by atoms with E-state index in [1.807, 2.05) is 0 Å². The maximum Gasteiger partial charge on any atom is 0.199 e. The lowest BCUT2D eigenvalue weighted by atomic mass is 10.0. The van der Waals surface area contributed by atoms with Gasteiger partial charge in [-0.05, 0) is 13.0 Å². The fourth-order valence-corrected chi connectivity index (χ4v) is 1.95. The molecule has 1 aliphatic rings. The Morgan fingerprint density at radius 1 is 1.29 bits per heavy atom. The van der Waals surface area contributed by atoms with Crippen molar-refractivity contribution in [3.05, 3.63) is 18.1 Å². The van der Waals surface area contributed by atoms with Crippen molar-refractivity contribution in [2.75, 3.05) is 13.1 Å². The Kier molecular flexibility index (Phi) is 1.70. The Bertz CT molecular complexity index is 443. The van der Waals surface area contributed by atoms with Gasteiger partial charge in [-0.2, -0.15) is 5.10 Å². The molecule has 1 atom stereocenters. The van der Waals surface area contributed by atoms with Crippen molar-refractivity contribution in [1.82, 2.24) is 25.5 Å². The zero-order chi connectivity index (χ0) is 9.38. The maximum atomic E-state index is 4.30. The lowest BCUT2D eigenvalue weighted by Gasteiger charge is -2.03. The summed E-state index contributed by atoms with van der Waals surface area (Å²) in [5.74, 6) is 0.511. The molecular weight excluding hydrogens is 178 g/mol. The molecule has 72 valence electrons. The summed E-state index contributed by atoms with van der Waals surface area (Å²) < 4.78 is 0. The van der Waals surface area contributed by atoms with Crippen molar-refractivity contribution in [1.29, 1.82) is 0 Å². The fraction of sp³-hybridized carbons (Fsp3) is 0.444. The van der Waals surface area contributed by atoms with Gasteiger partial charge >= 0.3 is 0 Å². The summed E-state index contributed by atoms with van der Waals surface area (Å²) >= 11 is 0. The van der Waals surface area contributed by atoms with Gasteiger partial charge < -0.3 is 5.32 Å². The molecule has 0 spiro atoms. The van der Waals surface area contributed by atoms with E-state index in [4.69, 9.17) is 0 Å². The average molecular weight is 189 g/mol. The van der Waals surface area contributed by atoms with Crippen LogP contribution in [-0.2, 0) is 0 Å². The second-order valence-electron chi connectivity index (χ2n) is 3.56. The minimum absolute atomic E-state index is 0.511. The number of fused-ring (bicyclic) bond motifs is 1. The van der Waals surface area contributed by atoms with Gasteiger partial charge in [-0.1, -0.05) is 0 Å². The van der Waals surface area contributed by atoms with Gasteiger partial charge in [0.2, 0.25) is 0 Å². The van der Waals surface area contributed by atoms with Crippen LogP contribution >= 0.6 is 0 Å². The highest BCUT2D eigenvalue weighted by Crippen LogP contribution is 2.24. The Balaban J connectivity index is 2.11. The van der Waals surface area contributed by atoms with E-state index in [-0.39, 0.29) is 0 Å². The lowest BCUT2D eigenvalue weighted by molar-refractivity contribution is 0.733. The predicted octanol–water partition coefficient (Wildman–Crippen LogP) is 0.430. The summed E-state index contributed by atoms with van der Waals surface area (Å²) in [6, 6.07) is 0. The van der Waals surface area contributed by atoms with Gasteiger partial charge in [-0.3, -0.25) is 5.10 Å². The second-order valence-corrected chi connectivity index (χ2v) is 3.56. The lowest BCUT2D eigenvalue weighted by Crippen LogP contribution is -2.08. The molecule has 0 amide bonds. The van der Waals surface area contributed by atoms with E-state index in [2.05, 4.69) is 25.5 Å². The highest BCUT2D eigenvalue weighted by atomic mass is 15.2. The predicted molar refractivity (Wildman–Crippen MR) is 51.9 cm³/mol. The van der Waals surface area contributed by atoms with Gasteiger partial charge in [0.05, 0.1) is 5.69 Å². The maximum absolute atomic E-state index is 4.30. The van der Waals surface area contributed by atoms with E-state index >= 15 is 0 Å². The minimum Gasteiger partial charge on any atom is -0.316 e. The summed E-state index contributed by atoms with van der Waals surface area (Å²) in [5, 5.41) is 10.5. The zero-order valence-corrected chi connectivity index (χ0v) is 7.70. The molecule has 0 saturated carbocycles.